The van der Waals surface area contributed by atoms with Crippen molar-refractivity contribution in [2.24, 2.45) is 4.99 Å². The van der Waals surface area contributed by atoms with Crippen LogP contribution in [0.15, 0.2) is 52.3 Å². The molecule has 0 aliphatic rings. The second kappa shape index (κ2) is 5.64. The van der Waals surface area contributed by atoms with E-state index in [0.29, 0.717) is 0 Å². The van der Waals surface area contributed by atoms with Gasteiger partial charge in [0.05, 0.1) is 0 Å². The van der Waals surface area contributed by atoms with E-state index in [1.54, 1.807) is 23.8 Å². The summed E-state index contributed by atoms with van der Waals surface area (Å²) in [6.07, 6.45) is 5.49. The van der Waals surface area contributed by atoms with Crippen molar-refractivity contribution in [2.45, 2.75) is 0 Å². The third kappa shape index (κ3) is 3.05. The smallest absolute Gasteiger partial charge is 0.0493 e. The Labute approximate surface area is 104 Å². The fraction of sp³-hybridized carbons (Fsp3) is 0. The SMILES string of the molecule is Clc1ccccc1C=N/C=C/c1ccsc1. The van der Waals surface area contributed by atoms with E-state index in [1.807, 2.05) is 41.8 Å². The Morgan fingerprint density at radius 3 is 2.81 bits per heavy atom. The predicted molar refractivity (Wildman–Crippen MR) is 72.4 cm³/mol. The van der Waals surface area contributed by atoms with Crippen LogP contribution in [0, 0.1) is 0 Å². The van der Waals surface area contributed by atoms with Crippen molar-refractivity contribution in [1.29, 1.82) is 0 Å². The van der Waals surface area contributed by atoms with E-state index < -0.39 is 0 Å². The summed E-state index contributed by atoms with van der Waals surface area (Å²) in [7, 11) is 0. The highest BCUT2D eigenvalue weighted by Gasteiger charge is 1.92. The van der Waals surface area contributed by atoms with Gasteiger partial charge in [0.15, 0.2) is 0 Å². The van der Waals surface area contributed by atoms with Gasteiger partial charge in [-0.15, -0.1) is 0 Å². The molecule has 80 valence electrons. The Morgan fingerprint density at radius 2 is 2.06 bits per heavy atom. The number of thiophene rings is 1. The molecule has 2 rings (SSSR count). The van der Waals surface area contributed by atoms with Crippen LogP contribution < -0.4 is 0 Å². The van der Waals surface area contributed by atoms with Gasteiger partial charge >= 0.3 is 0 Å². The molecule has 0 radical (unpaired) electrons. The van der Waals surface area contributed by atoms with Crippen molar-refractivity contribution in [3.05, 3.63) is 63.4 Å². The van der Waals surface area contributed by atoms with E-state index in [2.05, 4.69) is 10.4 Å². The van der Waals surface area contributed by atoms with Crippen LogP contribution in [0.5, 0.6) is 0 Å². The molecule has 0 unspecified atom stereocenters. The zero-order valence-electron chi connectivity index (χ0n) is 8.51. The van der Waals surface area contributed by atoms with Gasteiger partial charge in [0.1, 0.15) is 0 Å². The molecule has 16 heavy (non-hydrogen) atoms. The summed E-state index contributed by atoms with van der Waals surface area (Å²) in [6.45, 7) is 0. The predicted octanol–water partition coefficient (Wildman–Crippen LogP) is 4.49. The zero-order valence-corrected chi connectivity index (χ0v) is 10.1. The highest BCUT2D eigenvalue weighted by molar-refractivity contribution is 7.08. The monoisotopic (exact) mass is 247 g/mol. The molecule has 0 spiro atoms. The molecule has 0 aliphatic heterocycles. The number of hydrogen-bond acceptors (Lipinski definition) is 2. The number of hydrogen-bond donors (Lipinski definition) is 0. The highest BCUT2D eigenvalue weighted by atomic mass is 35.5. The highest BCUT2D eigenvalue weighted by Crippen LogP contribution is 2.12. The molecule has 2 aromatic rings. The molecule has 0 saturated heterocycles. The Kier molecular flexibility index (Phi) is 3.91. The molecule has 3 heteroatoms. The second-order valence-corrected chi connectivity index (χ2v) is 4.36. The Hall–Kier alpha value is -1.38. The standard InChI is InChI=1S/C13H10ClNS/c14-13-4-2-1-3-12(13)9-15-7-5-11-6-8-16-10-11/h1-10H/b7-5+,15-9?. The van der Waals surface area contributed by atoms with Gasteiger partial charge in [0.2, 0.25) is 0 Å². The first-order chi connectivity index (χ1) is 7.86. The summed E-state index contributed by atoms with van der Waals surface area (Å²) >= 11 is 7.66. The van der Waals surface area contributed by atoms with Crippen LogP contribution in [-0.2, 0) is 0 Å². The lowest BCUT2D eigenvalue weighted by atomic mass is 10.2. The molecule has 1 heterocycles. The molecule has 1 nitrogen and oxygen atoms in total. The molecule has 1 aromatic carbocycles. The van der Waals surface area contributed by atoms with Crippen molar-refractivity contribution >= 4 is 35.2 Å². The zero-order chi connectivity index (χ0) is 11.2. The number of halogens is 1. The minimum absolute atomic E-state index is 0.718. The topological polar surface area (TPSA) is 12.4 Å². The molecule has 0 aliphatic carbocycles. The molecule has 0 N–H and O–H groups in total. The van der Waals surface area contributed by atoms with Gasteiger partial charge in [-0.25, -0.2) is 0 Å². The summed E-state index contributed by atoms with van der Waals surface area (Å²) in [5.74, 6) is 0. The summed E-state index contributed by atoms with van der Waals surface area (Å²) in [5, 5.41) is 4.83. The number of nitrogens with zero attached hydrogens (tertiary/aromatic N) is 1. The van der Waals surface area contributed by atoms with Crippen molar-refractivity contribution in [3.63, 3.8) is 0 Å². The number of aliphatic imine (C=N–C) groups is 1. The summed E-state index contributed by atoms with van der Waals surface area (Å²) in [4.78, 5) is 4.19. The van der Waals surface area contributed by atoms with Gasteiger partial charge < -0.3 is 0 Å². The lowest BCUT2D eigenvalue weighted by molar-refractivity contribution is 1.58. The fourth-order valence-electron chi connectivity index (χ4n) is 1.20. The van der Waals surface area contributed by atoms with Gasteiger partial charge in [0, 0.05) is 23.0 Å². The van der Waals surface area contributed by atoms with Gasteiger partial charge in [-0.1, -0.05) is 29.8 Å². The summed E-state index contributed by atoms with van der Waals surface area (Å²) < 4.78 is 0. The summed E-state index contributed by atoms with van der Waals surface area (Å²) in [6, 6.07) is 9.68. The second-order valence-electron chi connectivity index (χ2n) is 3.17. The first-order valence-corrected chi connectivity index (χ1v) is 6.15. The van der Waals surface area contributed by atoms with Gasteiger partial charge in [-0.3, -0.25) is 4.99 Å². The lowest BCUT2D eigenvalue weighted by Crippen LogP contribution is -1.80. The maximum atomic E-state index is 5.99. The Balaban J connectivity index is 2.03. The van der Waals surface area contributed by atoms with Gasteiger partial charge in [-0.2, -0.15) is 11.3 Å². The van der Waals surface area contributed by atoms with E-state index in [4.69, 9.17) is 11.6 Å². The minimum Gasteiger partial charge on any atom is -0.264 e. The Bertz CT molecular complexity index is 500. The van der Waals surface area contributed by atoms with Crippen LogP contribution in [0.25, 0.3) is 6.08 Å². The molecule has 0 bridgehead atoms. The van der Waals surface area contributed by atoms with Crippen LogP contribution in [0.2, 0.25) is 5.02 Å². The van der Waals surface area contributed by atoms with Crippen molar-refractivity contribution in [2.75, 3.05) is 0 Å². The van der Waals surface area contributed by atoms with Crippen LogP contribution >= 0.6 is 22.9 Å². The van der Waals surface area contributed by atoms with Crippen LogP contribution in [0.3, 0.4) is 0 Å². The van der Waals surface area contributed by atoms with Crippen molar-refractivity contribution in [3.8, 4) is 0 Å². The van der Waals surface area contributed by atoms with Crippen LogP contribution in [-0.4, -0.2) is 6.21 Å². The third-order valence-electron chi connectivity index (χ3n) is 2.02. The molecule has 0 atom stereocenters. The number of rotatable bonds is 3. The molecule has 0 saturated carbocycles. The van der Waals surface area contributed by atoms with Gasteiger partial charge in [-0.05, 0) is 34.5 Å². The van der Waals surface area contributed by atoms with Gasteiger partial charge in [0.25, 0.3) is 0 Å². The largest absolute Gasteiger partial charge is 0.264 e. The van der Waals surface area contributed by atoms with Crippen LogP contribution in [0.4, 0.5) is 0 Å². The third-order valence-corrected chi connectivity index (χ3v) is 3.06. The molecule has 0 amide bonds. The van der Waals surface area contributed by atoms with E-state index in [-0.39, 0.29) is 0 Å². The molecular weight excluding hydrogens is 238 g/mol. The molecular formula is C13H10ClNS. The van der Waals surface area contributed by atoms with Crippen molar-refractivity contribution < 1.29 is 0 Å². The van der Waals surface area contributed by atoms with E-state index in [1.165, 1.54) is 5.56 Å². The average molecular weight is 248 g/mol. The minimum atomic E-state index is 0.718. The first-order valence-electron chi connectivity index (χ1n) is 4.83. The first kappa shape index (κ1) is 11.1. The quantitative estimate of drug-likeness (QED) is 0.709. The van der Waals surface area contributed by atoms with E-state index >= 15 is 0 Å². The normalized spacial score (nSPS) is 11.6. The molecule has 1 aromatic heterocycles. The fourth-order valence-corrected chi connectivity index (χ4v) is 2.02. The van der Waals surface area contributed by atoms with E-state index in [9.17, 15) is 0 Å². The van der Waals surface area contributed by atoms with Crippen LogP contribution in [0.1, 0.15) is 11.1 Å². The molecule has 0 fully saturated rings. The Morgan fingerprint density at radius 1 is 1.19 bits per heavy atom. The maximum Gasteiger partial charge on any atom is 0.0493 e. The lowest BCUT2D eigenvalue weighted by Gasteiger charge is -1.93. The van der Waals surface area contributed by atoms with Crippen molar-refractivity contribution in [1.82, 2.24) is 0 Å². The maximum absolute atomic E-state index is 5.99. The number of benzene rings is 1. The summed E-state index contributed by atoms with van der Waals surface area (Å²) in [5.41, 5.74) is 2.10. The van der Waals surface area contributed by atoms with E-state index in [0.717, 1.165) is 10.6 Å². The average Bonchev–Trinajstić information content (AvgIpc) is 2.79.